The van der Waals surface area contributed by atoms with Gasteiger partial charge < -0.3 is 4.90 Å². The average Bonchev–Trinajstić information content (AvgIpc) is 2.47. The Morgan fingerprint density at radius 3 is 2.79 bits per heavy atom. The molecular weight excluding hydrogens is 236 g/mol. The topological polar surface area (TPSA) is 33.2 Å². The van der Waals surface area contributed by atoms with Crippen LogP contribution in [0.25, 0.3) is 0 Å². The van der Waals surface area contributed by atoms with Crippen LogP contribution in [0.1, 0.15) is 29.3 Å². The first kappa shape index (κ1) is 11.9. The number of pyridine rings is 1. The summed E-state index contributed by atoms with van der Waals surface area (Å²) in [5, 5.41) is 0. The van der Waals surface area contributed by atoms with Crippen LogP contribution in [-0.4, -0.2) is 17.3 Å². The Balaban J connectivity index is 1.97. The summed E-state index contributed by atoms with van der Waals surface area (Å²) in [5.41, 5.74) is 3.26. The van der Waals surface area contributed by atoms with Crippen molar-refractivity contribution in [2.45, 2.75) is 19.8 Å². The summed E-state index contributed by atoms with van der Waals surface area (Å²) < 4.78 is 0. The third-order valence-electron chi connectivity index (χ3n) is 3.54. The highest BCUT2D eigenvalue weighted by molar-refractivity contribution is 5.93. The highest BCUT2D eigenvalue weighted by Crippen LogP contribution is 2.31. The van der Waals surface area contributed by atoms with Crippen LogP contribution in [0.4, 0.5) is 11.5 Å². The second kappa shape index (κ2) is 4.84. The monoisotopic (exact) mass is 252 g/mol. The van der Waals surface area contributed by atoms with E-state index in [1.165, 1.54) is 11.3 Å². The molecule has 0 saturated carbocycles. The number of carbonyl (C=O) groups excluding carboxylic acids is 1. The molecule has 0 atom stereocenters. The molecule has 19 heavy (non-hydrogen) atoms. The van der Waals surface area contributed by atoms with Crippen molar-refractivity contribution in [1.29, 1.82) is 0 Å². The van der Waals surface area contributed by atoms with Crippen molar-refractivity contribution >= 4 is 17.3 Å². The third-order valence-corrected chi connectivity index (χ3v) is 3.54. The molecule has 3 nitrogen and oxygen atoms in total. The Labute approximate surface area is 112 Å². The van der Waals surface area contributed by atoms with E-state index in [1.54, 1.807) is 13.1 Å². The molecule has 0 N–H and O–H groups in total. The van der Waals surface area contributed by atoms with Crippen molar-refractivity contribution in [2.24, 2.45) is 0 Å². The number of Topliss-reactive ketones (excluding diaryl/α,β-unsaturated/α-hetero) is 1. The number of ketones is 1. The maximum absolute atomic E-state index is 11.3. The van der Waals surface area contributed by atoms with Gasteiger partial charge in [0.2, 0.25) is 0 Å². The van der Waals surface area contributed by atoms with Crippen LogP contribution < -0.4 is 4.90 Å². The summed E-state index contributed by atoms with van der Waals surface area (Å²) >= 11 is 0. The van der Waals surface area contributed by atoms with Crippen LogP contribution in [0.15, 0.2) is 42.6 Å². The number of nitrogens with zero attached hydrogens (tertiary/aromatic N) is 2. The Kier molecular flexibility index (Phi) is 3.03. The zero-order chi connectivity index (χ0) is 13.2. The predicted octanol–water partition coefficient (Wildman–Crippen LogP) is 3.37. The lowest BCUT2D eigenvalue weighted by Gasteiger charge is -2.30. The van der Waals surface area contributed by atoms with E-state index in [-0.39, 0.29) is 5.78 Å². The molecule has 0 aliphatic carbocycles. The van der Waals surface area contributed by atoms with Crippen LogP contribution in [0.3, 0.4) is 0 Å². The number of benzene rings is 1. The molecule has 0 fully saturated rings. The predicted molar refractivity (Wildman–Crippen MR) is 76.0 cm³/mol. The number of hydrogen-bond acceptors (Lipinski definition) is 3. The van der Waals surface area contributed by atoms with Gasteiger partial charge in [-0.3, -0.25) is 4.79 Å². The number of hydrogen-bond donors (Lipinski definition) is 0. The molecule has 1 aliphatic heterocycles. The van der Waals surface area contributed by atoms with E-state index < -0.39 is 0 Å². The van der Waals surface area contributed by atoms with Crippen molar-refractivity contribution < 1.29 is 4.79 Å². The van der Waals surface area contributed by atoms with Crippen molar-refractivity contribution in [3.8, 4) is 0 Å². The van der Waals surface area contributed by atoms with E-state index in [2.05, 4.69) is 34.1 Å². The van der Waals surface area contributed by atoms with Crippen LogP contribution in [0.5, 0.6) is 0 Å². The molecular formula is C16H16N2O. The van der Waals surface area contributed by atoms with Crippen LogP contribution in [0.2, 0.25) is 0 Å². The minimum Gasteiger partial charge on any atom is -0.326 e. The first-order valence-electron chi connectivity index (χ1n) is 6.58. The second-order valence-electron chi connectivity index (χ2n) is 4.85. The molecule has 0 radical (unpaired) electrons. The van der Waals surface area contributed by atoms with Crippen molar-refractivity contribution in [1.82, 2.24) is 4.98 Å². The molecule has 3 rings (SSSR count). The molecule has 2 heterocycles. The largest absolute Gasteiger partial charge is 0.326 e. The summed E-state index contributed by atoms with van der Waals surface area (Å²) in [7, 11) is 0. The second-order valence-corrected chi connectivity index (χ2v) is 4.85. The number of carbonyl (C=O) groups is 1. The minimum absolute atomic E-state index is 0.0538. The quantitative estimate of drug-likeness (QED) is 0.768. The van der Waals surface area contributed by atoms with Crippen molar-refractivity contribution in [2.75, 3.05) is 11.4 Å². The number of rotatable bonds is 2. The van der Waals surface area contributed by atoms with Gasteiger partial charge in [0.15, 0.2) is 5.78 Å². The van der Waals surface area contributed by atoms with Gasteiger partial charge in [-0.05, 0) is 43.5 Å². The maximum Gasteiger partial charge on any atom is 0.161 e. The smallest absolute Gasteiger partial charge is 0.161 e. The van der Waals surface area contributed by atoms with Gasteiger partial charge in [0.25, 0.3) is 0 Å². The van der Waals surface area contributed by atoms with E-state index >= 15 is 0 Å². The Hall–Kier alpha value is -2.16. The molecule has 1 aromatic heterocycles. The number of aromatic nitrogens is 1. The summed E-state index contributed by atoms with van der Waals surface area (Å²) in [6.07, 6.45) is 3.92. The fourth-order valence-corrected chi connectivity index (χ4v) is 2.53. The van der Waals surface area contributed by atoms with E-state index in [9.17, 15) is 4.79 Å². The zero-order valence-corrected chi connectivity index (χ0v) is 11.0. The summed E-state index contributed by atoms with van der Waals surface area (Å²) in [4.78, 5) is 17.9. The normalized spacial score (nSPS) is 14.1. The molecule has 1 aliphatic rings. The van der Waals surface area contributed by atoms with Gasteiger partial charge in [0.05, 0.1) is 0 Å². The molecule has 96 valence electrons. The van der Waals surface area contributed by atoms with Gasteiger partial charge in [-0.25, -0.2) is 4.98 Å². The lowest BCUT2D eigenvalue weighted by molar-refractivity contribution is 0.101. The van der Waals surface area contributed by atoms with E-state index in [1.807, 2.05) is 12.1 Å². The van der Waals surface area contributed by atoms with Gasteiger partial charge in [-0.15, -0.1) is 0 Å². The number of aryl methyl sites for hydroxylation is 1. The van der Waals surface area contributed by atoms with Crippen LogP contribution in [-0.2, 0) is 6.42 Å². The standard InChI is InChI=1S/C16H16N2O/c1-12(19)14-8-9-16(17-11-14)18-10-4-6-13-5-2-3-7-15(13)18/h2-3,5,7-9,11H,4,6,10H2,1H3. The molecule has 0 saturated heterocycles. The molecule has 3 heteroatoms. The molecule has 0 unspecified atom stereocenters. The van der Waals surface area contributed by atoms with Gasteiger partial charge >= 0.3 is 0 Å². The van der Waals surface area contributed by atoms with Crippen molar-refractivity contribution in [3.63, 3.8) is 0 Å². The molecule has 0 spiro atoms. The van der Waals surface area contributed by atoms with E-state index in [4.69, 9.17) is 0 Å². The van der Waals surface area contributed by atoms with Gasteiger partial charge in [-0.2, -0.15) is 0 Å². The maximum atomic E-state index is 11.3. The average molecular weight is 252 g/mol. The fourth-order valence-electron chi connectivity index (χ4n) is 2.53. The van der Waals surface area contributed by atoms with E-state index in [0.717, 1.165) is 25.2 Å². The van der Waals surface area contributed by atoms with Crippen LogP contribution >= 0.6 is 0 Å². The van der Waals surface area contributed by atoms with E-state index in [0.29, 0.717) is 5.56 Å². The number of para-hydroxylation sites is 1. The number of fused-ring (bicyclic) bond motifs is 1. The highest BCUT2D eigenvalue weighted by Gasteiger charge is 2.18. The van der Waals surface area contributed by atoms with Crippen LogP contribution in [0, 0.1) is 0 Å². The number of anilines is 2. The summed E-state index contributed by atoms with van der Waals surface area (Å²) in [6.45, 7) is 2.54. The van der Waals surface area contributed by atoms with Crippen molar-refractivity contribution in [3.05, 3.63) is 53.7 Å². The summed E-state index contributed by atoms with van der Waals surface area (Å²) in [6, 6.07) is 12.2. The zero-order valence-electron chi connectivity index (χ0n) is 11.0. The third kappa shape index (κ3) is 2.24. The molecule has 1 aromatic carbocycles. The first-order valence-corrected chi connectivity index (χ1v) is 6.58. The Bertz CT molecular complexity index is 604. The SMILES string of the molecule is CC(=O)c1ccc(N2CCCc3ccccc32)nc1. The highest BCUT2D eigenvalue weighted by atomic mass is 16.1. The fraction of sp³-hybridized carbons (Fsp3) is 0.250. The van der Waals surface area contributed by atoms with Gasteiger partial charge in [-0.1, -0.05) is 18.2 Å². The van der Waals surface area contributed by atoms with Gasteiger partial charge in [0, 0.05) is 24.0 Å². The molecule has 0 amide bonds. The minimum atomic E-state index is 0.0538. The summed E-state index contributed by atoms with van der Waals surface area (Å²) in [5.74, 6) is 0.968. The molecule has 2 aromatic rings. The van der Waals surface area contributed by atoms with Gasteiger partial charge in [0.1, 0.15) is 5.82 Å². The lowest BCUT2D eigenvalue weighted by atomic mass is 10.0. The first-order chi connectivity index (χ1) is 9.25. The Morgan fingerprint density at radius 2 is 2.05 bits per heavy atom. The molecule has 0 bridgehead atoms. The Morgan fingerprint density at radius 1 is 1.21 bits per heavy atom. The lowest BCUT2D eigenvalue weighted by Crippen LogP contribution is -2.25.